The van der Waals surface area contributed by atoms with Crippen molar-refractivity contribution in [3.05, 3.63) is 0 Å². The molecule has 1 fully saturated rings. The Kier molecular flexibility index (Phi) is 2.69. The molecule has 0 aromatic carbocycles. The van der Waals surface area contributed by atoms with Gasteiger partial charge in [-0.05, 0) is 0 Å². The van der Waals surface area contributed by atoms with Crippen LogP contribution in [-0.4, -0.2) is 30.6 Å². The molecule has 0 spiro atoms. The molecule has 1 heterocycles. The lowest BCUT2D eigenvalue weighted by Gasteiger charge is -2.27. The standard InChI is InChI=1S/C8H14O4/c1-8(2,5-6(9)10)7-11-3-4-12-7/h7H,3-5H2,1-2H3,(H,9,10). The lowest BCUT2D eigenvalue weighted by molar-refractivity contribution is -0.153. The van der Waals surface area contributed by atoms with E-state index in [1.165, 1.54) is 0 Å². The lowest BCUT2D eigenvalue weighted by Crippen LogP contribution is -2.32. The van der Waals surface area contributed by atoms with E-state index < -0.39 is 11.4 Å². The Morgan fingerprint density at radius 3 is 2.42 bits per heavy atom. The second-order valence-electron chi connectivity index (χ2n) is 3.63. The molecule has 0 aromatic rings. The molecule has 12 heavy (non-hydrogen) atoms. The first-order valence-electron chi connectivity index (χ1n) is 3.97. The molecule has 70 valence electrons. The summed E-state index contributed by atoms with van der Waals surface area (Å²) >= 11 is 0. The molecular formula is C8H14O4. The highest BCUT2D eigenvalue weighted by atomic mass is 16.7. The van der Waals surface area contributed by atoms with Crippen molar-refractivity contribution in [3.63, 3.8) is 0 Å². The van der Waals surface area contributed by atoms with Crippen LogP contribution in [0.25, 0.3) is 0 Å². The van der Waals surface area contributed by atoms with Gasteiger partial charge in [0, 0.05) is 5.41 Å². The normalized spacial score (nSPS) is 19.8. The van der Waals surface area contributed by atoms with Crippen LogP contribution in [0, 0.1) is 5.41 Å². The number of hydrogen-bond acceptors (Lipinski definition) is 3. The summed E-state index contributed by atoms with van der Waals surface area (Å²) < 4.78 is 10.5. The molecule has 1 rings (SSSR count). The summed E-state index contributed by atoms with van der Waals surface area (Å²) in [6.45, 7) is 4.79. The fourth-order valence-electron chi connectivity index (χ4n) is 1.28. The van der Waals surface area contributed by atoms with Crippen LogP contribution in [0.3, 0.4) is 0 Å². The summed E-state index contributed by atoms with van der Waals surface area (Å²) in [6, 6.07) is 0. The van der Waals surface area contributed by atoms with Gasteiger partial charge in [0.1, 0.15) is 0 Å². The molecular weight excluding hydrogens is 160 g/mol. The van der Waals surface area contributed by atoms with Gasteiger partial charge in [0.25, 0.3) is 0 Å². The van der Waals surface area contributed by atoms with E-state index in [9.17, 15) is 4.79 Å². The zero-order chi connectivity index (χ0) is 9.19. The van der Waals surface area contributed by atoms with Gasteiger partial charge in [-0.1, -0.05) is 13.8 Å². The zero-order valence-electron chi connectivity index (χ0n) is 7.37. The van der Waals surface area contributed by atoms with Crippen molar-refractivity contribution >= 4 is 5.97 Å². The number of carbonyl (C=O) groups is 1. The van der Waals surface area contributed by atoms with Crippen molar-refractivity contribution in [2.75, 3.05) is 13.2 Å². The van der Waals surface area contributed by atoms with E-state index in [4.69, 9.17) is 14.6 Å². The van der Waals surface area contributed by atoms with Crippen molar-refractivity contribution in [2.45, 2.75) is 26.6 Å². The molecule has 1 saturated heterocycles. The van der Waals surface area contributed by atoms with Gasteiger partial charge in [0.2, 0.25) is 0 Å². The maximum absolute atomic E-state index is 10.5. The second-order valence-corrected chi connectivity index (χ2v) is 3.63. The summed E-state index contributed by atoms with van der Waals surface area (Å²) in [5.74, 6) is -0.820. The topological polar surface area (TPSA) is 55.8 Å². The molecule has 1 N–H and O–H groups in total. The number of carboxylic acids is 1. The first-order valence-corrected chi connectivity index (χ1v) is 3.97. The Bertz CT molecular complexity index is 170. The summed E-state index contributed by atoms with van der Waals surface area (Å²) in [5.41, 5.74) is -0.442. The highest BCUT2D eigenvalue weighted by molar-refractivity contribution is 5.67. The third-order valence-corrected chi connectivity index (χ3v) is 1.87. The molecule has 0 atom stereocenters. The van der Waals surface area contributed by atoms with E-state index in [0.717, 1.165) is 0 Å². The number of rotatable bonds is 3. The maximum Gasteiger partial charge on any atom is 0.304 e. The number of aliphatic carboxylic acids is 1. The molecule has 0 saturated carbocycles. The second kappa shape index (κ2) is 3.41. The maximum atomic E-state index is 10.5. The Hall–Kier alpha value is -0.610. The van der Waals surface area contributed by atoms with Crippen molar-refractivity contribution in [3.8, 4) is 0 Å². The average molecular weight is 174 g/mol. The average Bonchev–Trinajstić information content (AvgIpc) is 2.32. The summed E-state index contributed by atoms with van der Waals surface area (Å²) in [5, 5.41) is 8.60. The van der Waals surface area contributed by atoms with Crippen LogP contribution in [0.5, 0.6) is 0 Å². The van der Waals surface area contributed by atoms with Crippen LogP contribution in [-0.2, 0) is 14.3 Å². The molecule has 4 heteroatoms. The molecule has 0 aliphatic carbocycles. The first kappa shape index (κ1) is 9.48. The summed E-state index contributed by atoms with van der Waals surface area (Å²) in [4.78, 5) is 10.5. The van der Waals surface area contributed by atoms with Crippen LogP contribution < -0.4 is 0 Å². The van der Waals surface area contributed by atoms with E-state index in [1.54, 1.807) is 0 Å². The van der Waals surface area contributed by atoms with Gasteiger partial charge < -0.3 is 14.6 Å². The van der Waals surface area contributed by atoms with E-state index in [1.807, 2.05) is 13.8 Å². The molecule has 1 aliphatic heterocycles. The fraction of sp³-hybridized carbons (Fsp3) is 0.875. The minimum atomic E-state index is -0.820. The van der Waals surface area contributed by atoms with Crippen LogP contribution >= 0.6 is 0 Å². The summed E-state index contributed by atoms with van der Waals surface area (Å²) in [6.07, 6.45) is -0.300. The quantitative estimate of drug-likeness (QED) is 0.689. The highest BCUT2D eigenvalue weighted by Crippen LogP contribution is 2.30. The van der Waals surface area contributed by atoms with Crippen molar-refractivity contribution < 1.29 is 19.4 Å². The SMILES string of the molecule is CC(C)(CC(=O)O)C1OCCO1. The highest BCUT2D eigenvalue weighted by Gasteiger charge is 2.36. The number of hydrogen-bond donors (Lipinski definition) is 1. The Labute approximate surface area is 71.5 Å². The lowest BCUT2D eigenvalue weighted by atomic mass is 9.88. The van der Waals surface area contributed by atoms with Gasteiger partial charge in [0.05, 0.1) is 19.6 Å². The predicted molar refractivity (Wildman–Crippen MR) is 41.7 cm³/mol. The van der Waals surface area contributed by atoms with Gasteiger partial charge >= 0.3 is 5.97 Å². The van der Waals surface area contributed by atoms with Crippen LogP contribution in [0.1, 0.15) is 20.3 Å². The minimum Gasteiger partial charge on any atom is -0.481 e. The van der Waals surface area contributed by atoms with Crippen molar-refractivity contribution in [2.24, 2.45) is 5.41 Å². The van der Waals surface area contributed by atoms with E-state index in [0.29, 0.717) is 13.2 Å². The first-order chi connectivity index (χ1) is 5.52. The number of carboxylic acid groups (broad SMARTS) is 1. The molecule has 1 aliphatic rings. The van der Waals surface area contributed by atoms with Crippen LogP contribution in [0.4, 0.5) is 0 Å². The Morgan fingerprint density at radius 2 is 2.00 bits per heavy atom. The van der Waals surface area contributed by atoms with Gasteiger partial charge in [-0.25, -0.2) is 0 Å². The molecule has 0 amide bonds. The third-order valence-electron chi connectivity index (χ3n) is 1.87. The molecule has 0 radical (unpaired) electrons. The largest absolute Gasteiger partial charge is 0.481 e. The molecule has 0 bridgehead atoms. The van der Waals surface area contributed by atoms with Gasteiger partial charge in [-0.15, -0.1) is 0 Å². The van der Waals surface area contributed by atoms with Crippen LogP contribution in [0.2, 0.25) is 0 Å². The van der Waals surface area contributed by atoms with Crippen molar-refractivity contribution in [1.29, 1.82) is 0 Å². The summed E-state index contributed by atoms with van der Waals surface area (Å²) in [7, 11) is 0. The molecule has 4 nitrogen and oxygen atoms in total. The Balaban J connectivity index is 2.50. The van der Waals surface area contributed by atoms with E-state index in [-0.39, 0.29) is 12.7 Å². The van der Waals surface area contributed by atoms with Gasteiger partial charge in [0.15, 0.2) is 6.29 Å². The van der Waals surface area contributed by atoms with Crippen LogP contribution in [0.15, 0.2) is 0 Å². The number of ether oxygens (including phenoxy) is 2. The molecule has 0 aromatic heterocycles. The molecule has 0 unspecified atom stereocenters. The Morgan fingerprint density at radius 1 is 1.50 bits per heavy atom. The van der Waals surface area contributed by atoms with E-state index >= 15 is 0 Å². The van der Waals surface area contributed by atoms with Gasteiger partial charge in [-0.3, -0.25) is 4.79 Å². The van der Waals surface area contributed by atoms with Crippen molar-refractivity contribution in [1.82, 2.24) is 0 Å². The monoisotopic (exact) mass is 174 g/mol. The minimum absolute atomic E-state index is 0.0671. The fourth-order valence-corrected chi connectivity index (χ4v) is 1.28. The zero-order valence-corrected chi connectivity index (χ0v) is 7.37. The van der Waals surface area contributed by atoms with Gasteiger partial charge in [-0.2, -0.15) is 0 Å². The predicted octanol–water partition coefficient (Wildman–Crippen LogP) is 0.860. The van der Waals surface area contributed by atoms with E-state index in [2.05, 4.69) is 0 Å². The smallest absolute Gasteiger partial charge is 0.304 e. The third kappa shape index (κ3) is 2.19.